The second-order valence-corrected chi connectivity index (χ2v) is 4.82. The molecule has 3 N–H and O–H groups in total. The van der Waals surface area contributed by atoms with Gasteiger partial charge >= 0.3 is 5.97 Å². The molecule has 1 unspecified atom stereocenters. The molecule has 0 aliphatic carbocycles. The van der Waals surface area contributed by atoms with Gasteiger partial charge in [-0.05, 0) is 0 Å². The van der Waals surface area contributed by atoms with Crippen molar-refractivity contribution < 1.29 is 19.4 Å². The van der Waals surface area contributed by atoms with Crippen molar-refractivity contribution in [1.82, 2.24) is 19.5 Å². The first kappa shape index (κ1) is 13.7. The molecule has 9 nitrogen and oxygen atoms in total. The van der Waals surface area contributed by atoms with Gasteiger partial charge in [0.05, 0.1) is 12.4 Å². The molecule has 0 radical (unpaired) electrons. The number of rotatable bonds is 3. The maximum Gasteiger partial charge on any atom is 0.302 e. The van der Waals surface area contributed by atoms with Gasteiger partial charge in [0.15, 0.2) is 11.5 Å². The van der Waals surface area contributed by atoms with Gasteiger partial charge in [-0.25, -0.2) is 15.0 Å². The normalized spacial score (nSPS) is 25.3. The predicted molar refractivity (Wildman–Crippen MR) is 70.9 cm³/mol. The minimum atomic E-state index is -0.731. The summed E-state index contributed by atoms with van der Waals surface area (Å²) in [6, 6.07) is 0. The Balaban J connectivity index is 1.81. The molecule has 3 heterocycles. The van der Waals surface area contributed by atoms with Crippen molar-refractivity contribution in [1.29, 1.82) is 0 Å². The molecule has 0 aromatic carbocycles. The van der Waals surface area contributed by atoms with Crippen molar-refractivity contribution in [3.63, 3.8) is 0 Å². The Morgan fingerprint density at radius 3 is 3.14 bits per heavy atom. The van der Waals surface area contributed by atoms with E-state index in [1.165, 1.54) is 13.3 Å². The fraction of sp³-hybridized carbons (Fsp3) is 0.500. The van der Waals surface area contributed by atoms with Crippen LogP contribution in [0.15, 0.2) is 12.7 Å². The SMILES string of the molecule is CC(=O)OC[C@H]1OC(n2cnc3c(N)ncnc32)C[C@@H]1O. The number of carbonyl (C=O) groups is 1. The first-order chi connectivity index (χ1) is 10.1. The maximum atomic E-state index is 10.8. The lowest BCUT2D eigenvalue weighted by molar-refractivity contribution is -0.147. The molecule has 1 saturated heterocycles. The summed E-state index contributed by atoms with van der Waals surface area (Å²) >= 11 is 0. The van der Waals surface area contributed by atoms with Crippen LogP contribution in [0.3, 0.4) is 0 Å². The Labute approximate surface area is 119 Å². The number of aliphatic hydroxyl groups is 1. The van der Waals surface area contributed by atoms with Crippen molar-refractivity contribution in [3.05, 3.63) is 12.7 Å². The molecule has 3 rings (SSSR count). The number of ether oxygens (including phenoxy) is 2. The van der Waals surface area contributed by atoms with Crippen LogP contribution in [-0.2, 0) is 14.3 Å². The topological polar surface area (TPSA) is 125 Å². The summed E-state index contributed by atoms with van der Waals surface area (Å²) in [6.45, 7) is 1.32. The molecule has 2 aromatic rings. The van der Waals surface area contributed by atoms with Crippen LogP contribution in [0.5, 0.6) is 0 Å². The molecule has 0 saturated carbocycles. The van der Waals surface area contributed by atoms with Crippen molar-refractivity contribution in [2.24, 2.45) is 0 Å². The van der Waals surface area contributed by atoms with Gasteiger partial charge in [-0.3, -0.25) is 9.36 Å². The van der Waals surface area contributed by atoms with Gasteiger partial charge in [0, 0.05) is 13.3 Å². The molecule has 3 atom stereocenters. The maximum absolute atomic E-state index is 10.8. The average molecular weight is 293 g/mol. The summed E-state index contributed by atoms with van der Waals surface area (Å²) in [5.74, 6) is -0.128. The number of nitrogen functional groups attached to an aromatic ring is 1. The first-order valence-electron chi connectivity index (χ1n) is 6.46. The molecule has 21 heavy (non-hydrogen) atoms. The largest absolute Gasteiger partial charge is 0.463 e. The molecule has 1 fully saturated rings. The molecule has 112 valence electrons. The van der Waals surface area contributed by atoms with E-state index in [9.17, 15) is 9.90 Å². The number of aromatic nitrogens is 4. The first-order valence-corrected chi connectivity index (χ1v) is 6.46. The number of fused-ring (bicyclic) bond motifs is 1. The van der Waals surface area contributed by atoms with Gasteiger partial charge in [0.1, 0.15) is 30.8 Å². The number of carbonyl (C=O) groups excluding carboxylic acids is 1. The van der Waals surface area contributed by atoms with Gasteiger partial charge < -0.3 is 20.3 Å². The Bertz CT molecular complexity index is 673. The zero-order valence-electron chi connectivity index (χ0n) is 11.3. The van der Waals surface area contributed by atoms with Crippen molar-refractivity contribution in [2.45, 2.75) is 31.8 Å². The monoisotopic (exact) mass is 293 g/mol. The average Bonchev–Trinajstić information content (AvgIpc) is 3.01. The molecule has 0 amide bonds. The van der Waals surface area contributed by atoms with Gasteiger partial charge in [-0.15, -0.1) is 0 Å². The summed E-state index contributed by atoms with van der Waals surface area (Å²) in [7, 11) is 0. The minimum Gasteiger partial charge on any atom is -0.463 e. The van der Waals surface area contributed by atoms with Crippen LogP contribution in [0.25, 0.3) is 11.2 Å². The van der Waals surface area contributed by atoms with Crippen LogP contribution in [0, 0.1) is 0 Å². The predicted octanol–water partition coefficient (Wildman–Crippen LogP) is -0.380. The number of nitrogens with two attached hydrogens (primary N) is 1. The lowest BCUT2D eigenvalue weighted by Gasteiger charge is -2.15. The van der Waals surface area contributed by atoms with E-state index in [2.05, 4.69) is 15.0 Å². The summed E-state index contributed by atoms with van der Waals surface area (Å²) in [5, 5.41) is 9.99. The Kier molecular flexibility index (Phi) is 3.43. The van der Waals surface area contributed by atoms with Gasteiger partial charge in [-0.1, -0.05) is 0 Å². The van der Waals surface area contributed by atoms with Crippen LogP contribution >= 0.6 is 0 Å². The van der Waals surface area contributed by atoms with Crippen molar-refractivity contribution >= 4 is 23.0 Å². The second kappa shape index (κ2) is 5.26. The Morgan fingerprint density at radius 1 is 1.57 bits per heavy atom. The van der Waals surface area contributed by atoms with Crippen LogP contribution in [0.4, 0.5) is 5.82 Å². The third-order valence-electron chi connectivity index (χ3n) is 3.35. The number of esters is 1. The third-order valence-corrected chi connectivity index (χ3v) is 3.35. The highest BCUT2D eigenvalue weighted by Gasteiger charge is 2.36. The molecule has 1 aliphatic heterocycles. The zero-order valence-corrected chi connectivity index (χ0v) is 11.3. The highest BCUT2D eigenvalue weighted by Crippen LogP contribution is 2.31. The van der Waals surface area contributed by atoms with E-state index in [1.54, 1.807) is 10.9 Å². The summed E-state index contributed by atoms with van der Waals surface area (Å²) in [5.41, 5.74) is 6.75. The number of hydrogen-bond acceptors (Lipinski definition) is 8. The summed E-state index contributed by atoms with van der Waals surface area (Å²) in [6.07, 6.45) is 1.49. The van der Waals surface area contributed by atoms with Crippen LogP contribution in [-0.4, -0.2) is 49.4 Å². The summed E-state index contributed by atoms with van der Waals surface area (Å²) in [4.78, 5) is 23.0. The van der Waals surface area contributed by atoms with Gasteiger partial charge in [0.2, 0.25) is 0 Å². The van der Waals surface area contributed by atoms with E-state index in [-0.39, 0.29) is 12.4 Å². The van der Waals surface area contributed by atoms with Crippen molar-refractivity contribution in [3.8, 4) is 0 Å². The number of anilines is 1. The highest BCUT2D eigenvalue weighted by molar-refractivity contribution is 5.81. The van der Waals surface area contributed by atoms with Gasteiger partial charge in [-0.2, -0.15) is 0 Å². The molecule has 9 heteroatoms. The lowest BCUT2D eigenvalue weighted by atomic mass is 10.2. The quantitative estimate of drug-likeness (QED) is 0.733. The number of nitrogens with zero attached hydrogens (tertiary/aromatic N) is 4. The molecule has 0 bridgehead atoms. The minimum absolute atomic E-state index is 0.0107. The zero-order chi connectivity index (χ0) is 15.0. The van der Waals surface area contributed by atoms with E-state index in [1.807, 2.05) is 0 Å². The fourth-order valence-electron chi connectivity index (χ4n) is 2.32. The Hall–Kier alpha value is -2.26. The van der Waals surface area contributed by atoms with E-state index in [4.69, 9.17) is 15.2 Å². The smallest absolute Gasteiger partial charge is 0.302 e. The molecule has 2 aromatic heterocycles. The van der Waals surface area contributed by atoms with E-state index < -0.39 is 24.4 Å². The van der Waals surface area contributed by atoms with E-state index in [0.717, 1.165) is 0 Å². The number of hydrogen-bond donors (Lipinski definition) is 2. The van der Waals surface area contributed by atoms with Crippen LogP contribution < -0.4 is 5.73 Å². The van der Waals surface area contributed by atoms with Gasteiger partial charge in [0.25, 0.3) is 0 Å². The standard InChI is InChI=1S/C12H15N5O4/c1-6(18)20-3-8-7(19)2-9(21-8)17-5-16-10-11(13)14-4-15-12(10)17/h4-5,7-9,19H,2-3H2,1H3,(H2,13,14,15)/t7-,8+,9?/m0/s1. The van der Waals surface area contributed by atoms with Crippen LogP contribution in [0.2, 0.25) is 0 Å². The lowest BCUT2D eigenvalue weighted by Crippen LogP contribution is -2.27. The third kappa shape index (κ3) is 2.52. The fourth-order valence-corrected chi connectivity index (χ4v) is 2.32. The van der Waals surface area contributed by atoms with Crippen LogP contribution in [0.1, 0.15) is 19.6 Å². The number of imidazole rings is 1. The van der Waals surface area contributed by atoms with E-state index >= 15 is 0 Å². The second-order valence-electron chi connectivity index (χ2n) is 4.82. The van der Waals surface area contributed by atoms with E-state index in [0.29, 0.717) is 17.6 Å². The molecular weight excluding hydrogens is 278 g/mol. The highest BCUT2D eigenvalue weighted by atomic mass is 16.6. The van der Waals surface area contributed by atoms with Crippen molar-refractivity contribution in [2.75, 3.05) is 12.3 Å². The Morgan fingerprint density at radius 2 is 2.38 bits per heavy atom. The number of aliphatic hydroxyl groups excluding tert-OH is 1. The molecular formula is C12H15N5O4. The molecule has 0 spiro atoms. The summed E-state index contributed by atoms with van der Waals surface area (Å²) < 4.78 is 12.3. The molecule has 1 aliphatic rings.